The molecule has 1 fully saturated rings. The minimum atomic E-state index is -0.0551. The summed E-state index contributed by atoms with van der Waals surface area (Å²) in [7, 11) is 0. The summed E-state index contributed by atoms with van der Waals surface area (Å²) in [5, 5.41) is 4.27. The SMILES string of the molecule is Cc1ccc(-n2c(C)cc(C3C(c4ccccn4)NC(=S)N3Cc3ccncc3)c2C)nc1. The fourth-order valence-electron chi connectivity index (χ4n) is 4.63. The molecule has 5 heterocycles. The van der Waals surface area contributed by atoms with Crippen LogP contribution in [0.3, 0.4) is 0 Å². The Morgan fingerprint density at radius 3 is 2.48 bits per heavy atom. The van der Waals surface area contributed by atoms with Crippen LogP contribution in [0.1, 0.15) is 45.9 Å². The Morgan fingerprint density at radius 1 is 0.970 bits per heavy atom. The summed E-state index contributed by atoms with van der Waals surface area (Å²) in [6.45, 7) is 7.03. The van der Waals surface area contributed by atoms with E-state index in [1.807, 2.05) is 49.1 Å². The monoisotopic (exact) mass is 454 g/mol. The lowest BCUT2D eigenvalue weighted by Crippen LogP contribution is -2.29. The Balaban J connectivity index is 1.61. The van der Waals surface area contributed by atoms with Gasteiger partial charge in [-0.05, 0) is 86.1 Å². The maximum absolute atomic E-state index is 5.84. The summed E-state index contributed by atoms with van der Waals surface area (Å²) in [5.74, 6) is 0.922. The highest BCUT2D eigenvalue weighted by molar-refractivity contribution is 7.80. The van der Waals surface area contributed by atoms with Gasteiger partial charge in [0.05, 0.1) is 17.8 Å². The predicted octanol–water partition coefficient (Wildman–Crippen LogP) is 4.76. The molecule has 0 spiro atoms. The Morgan fingerprint density at radius 2 is 1.79 bits per heavy atom. The van der Waals surface area contributed by atoms with Gasteiger partial charge in [0, 0.05) is 42.7 Å². The maximum Gasteiger partial charge on any atom is 0.170 e. The molecule has 2 atom stereocenters. The third-order valence-electron chi connectivity index (χ3n) is 6.21. The van der Waals surface area contributed by atoms with Gasteiger partial charge in [-0.3, -0.25) is 9.97 Å². The Labute approximate surface area is 199 Å². The van der Waals surface area contributed by atoms with Gasteiger partial charge in [-0.1, -0.05) is 12.1 Å². The summed E-state index contributed by atoms with van der Waals surface area (Å²) in [5.41, 5.74) is 6.79. The fraction of sp³-hybridized carbons (Fsp3) is 0.231. The number of rotatable bonds is 5. The third kappa shape index (κ3) is 4.00. The van der Waals surface area contributed by atoms with E-state index in [2.05, 4.69) is 74.8 Å². The number of nitrogens with zero attached hydrogens (tertiary/aromatic N) is 5. The molecule has 166 valence electrons. The second-order valence-corrected chi connectivity index (χ2v) is 8.85. The molecule has 0 radical (unpaired) electrons. The molecule has 33 heavy (non-hydrogen) atoms. The molecule has 1 aliphatic rings. The van der Waals surface area contributed by atoms with Gasteiger partial charge in [-0.25, -0.2) is 4.98 Å². The molecular weight excluding hydrogens is 428 g/mol. The highest BCUT2D eigenvalue weighted by Gasteiger charge is 2.41. The second kappa shape index (κ2) is 8.75. The number of aromatic nitrogens is 4. The van der Waals surface area contributed by atoms with Crippen molar-refractivity contribution in [1.82, 2.24) is 29.7 Å². The maximum atomic E-state index is 5.84. The van der Waals surface area contributed by atoms with Crippen molar-refractivity contribution in [2.45, 2.75) is 39.4 Å². The zero-order chi connectivity index (χ0) is 22.9. The summed E-state index contributed by atoms with van der Waals surface area (Å²) in [6.07, 6.45) is 7.39. The van der Waals surface area contributed by atoms with Crippen molar-refractivity contribution in [2.24, 2.45) is 0 Å². The van der Waals surface area contributed by atoms with Crippen LogP contribution in [0.25, 0.3) is 5.82 Å². The third-order valence-corrected chi connectivity index (χ3v) is 6.57. The lowest BCUT2D eigenvalue weighted by atomic mass is 9.96. The zero-order valence-electron chi connectivity index (χ0n) is 18.9. The Kier molecular flexibility index (Phi) is 5.64. The quantitative estimate of drug-likeness (QED) is 0.439. The summed E-state index contributed by atoms with van der Waals surface area (Å²) in [4.78, 5) is 15.8. The normalized spacial score (nSPS) is 17.9. The standard InChI is InChI=1S/C26H26N6S/c1-17-7-8-23(29-15-17)32-18(2)14-21(19(32)3)25-24(22-6-4-5-11-28-22)30-26(33)31(25)16-20-9-12-27-13-10-20/h4-15,24-25H,16H2,1-3H3,(H,30,33). The molecule has 0 aliphatic carbocycles. The van der Waals surface area contributed by atoms with Gasteiger partial charge in [0.15, 0.2) is 5.11 Å². The molecule has 4 aromatic heterocycles. The highest BCUT2D eigenvalue weighted by Crippen LogP contribution is 2.42. The molecule has 4 aromatic rings. The lowest BCUT2D eigenvalue weighted by Gasteiger charge is -2.28. The minimum Gasteiger partial charge on any atom is -0.352 e. The molecule has 0 amide bonds. The van der Waals surface area contributed by atoms with Gasteiger partial charge in [-0.15, -0.1) is 0 Å². The minimum absolute atomic E-state index is 0.00837. The largest absolute Gasteiger partial charge is 0.352 e. The predicted molar refractivity (Wildman–Crippen MR) is 133 cm³/mol. The number of aryl methyl sites for hydroxylation is 2. The van der Waals surface area contributed by atoms with Crippen molar-refractivity contribution in [2.75, 3.05) is 0 Å². The number of hydrogen-bond acceptors (Lipinski definition) is 4. The molecule has 6 nitrogen and oxygen atoms in total. The van der Waals surface area contributed by atoms with Gasteiger partial charge in [-0.2, -0.15) is 0 Å². The fourth-order valence-corrected chi connectivity index (χ4v) is 4.94. The first kappa shape index (κ1) is 21.3. The Hall–Kier alpha value is -3.58. The Bertz CT molecular complexity index is 1270. The summed E-state index contributed by atoms with van der Waals surface area (Å²) < 4.78 is 2.22. The molecule has 7 heteroatoms. The average Bonchev–Trinajstić information content (AvgIpc) is 3.31. The lowest BCUT2D eigenvalue weighted by molar-refractivity contribution is 0.310. The van der Waals surface area contributed by atoms with E-state index in [4.69, 9.17) is 12.2 Å². The molecule has 1 aliphatic heterocycles. The number of thiocarbonyl (C=S) groups is 1. The van der Waals surface area contributed by atoms with Crippen LogP contribution in [-0.2, 0) is 6.54 Å². The van der Waals surface area contributed by atoms with Gasteiger partial charge >= 0.3 is 0 Å². The smallest absolute Gasteiger partial charge is 0.170 e. The van der Waals surface area contributed by atoms with Crippen LogP contribution in [-0.4, -0.2) is 29.5 Å². The first-order chi connectivity index (χ1) is 16.0. The van der Waals surface area contributed by atoms with E-state index in [9.17, 15) is 0 Å². The van der Waals surface area contributed by atoms with E-state index in [0.717, 1.165) is 39.1 Å². The van der Waals surface area contributed by atoms with Crippen molar-refractivity contribution in [3.05, 3.63) is 107 Å². The van der Waals surface area contributed by atoms with Crippen molar-refractivity contribution in [3.8, 4) is 5.82 Å². The highest BCUT2D eigenvalue weighted by atomic mass is 32.1. The number of nitrogens with one attached hydrogen (secondary N) is 1. The van der Waals surface area contributed by atoms with E-state index < -0.39 is 0 Å². The van der Waals surface area contributed by atoms with Crippen LogP contribution >= 0.6 is 12.2 Å². The van der Waals surface area contributed by atoms with Crippen molar-refractivity contribution < 1.29 is 0 Å². The molecule has 5 rings (SSSR count). The van der Waals surface area contributed by atoms with E-state index in [1.54, 1.807) is 0 Å². The van der Waals surface area contributed by atoms with Crippen LogP contribution in [0.2, 0.25) is 0 Å². The van der Waals surface area contributed by atoms with Gasteiger partial charge in [0.25, 0.3) is 0 Å². The van der Waals surface area contributed by atoms with Crippen LogP contribution in [0.5, 0.6) is 0 Å². The molecule has 0 saturated carbocycles. The topological polar surface area (TPSA) is 58.9 Å². The van der Waals surface area contributed by atoms with Gasteiger partial charge < -0.3 is 14.8 Å². The molecule has 1 saturated heterocycles. The molecule has 1 N–H and O–H groups in total. The van der Waals surface area contributed by atoms with Crippen LogP contribution in [0.4, 0.5) is 0 Å². The van der Waals surface area contributed by atoms with Crippen molar-refractivity contribution >= 4 is 17.3 Å². The van der Waals surface area contributed by atoms with Crippen LogP contribution in [0, 0.1) is 20.8 Å². The van der Waals surface area contributed by atoms with Crippen LogP contribution in [0.15, 0.2) is 73.3 Å². The summed E-state index contributed by atoms with van der Waals surface area (Å²) >= 11 is 5.84. The molecular formula is C26H26N6S. The first-order valence-corrected chi connectivity index (χ1v) is 11.4. The van der Waals surface area contributed by atoms with E-state index in [-0.39, 0.29) is 12.1 Å². The zero-order valence-corrected chi connectivity index (χ0v) is 19.8. The molecule has 2 unspecified atom stereocenters. The second-order valence-electron chi connectivity index (χ2n) is 8.47. The van der Waals surface area contributed by atoms with Crippen LogP contribution < -0.4 is 5.32 Å². The average molecular weight is 455 g/mol. The summed E-state index contributed by atoms with van der Waals surface area (Å²) in [6, 6.07) is 16.5. The van der Waals surface area contributed by atoms with Gasteiger partial charge in [0.2, 0.25) is 0 Å². The van der Waals surface area contributed by atoms with Gasteiger partial charge in [0.1, 0.15) is 5.82 Å². The number of hydrogen-bond donors (Lipinski definition) is 1. The molecule has 0 aromatic carbocycles. The molecule has 0 bridgehead atoms. The van der Waals surface area contributed by atoms with E-state index in [1.165, 1.54) is 5.56 Å². The first-order valence-electron chi connectivity index (χ1n) is 11.0. The van der Waals surface area contributed by atoms with E-state index in [0.29, 0.717) is 6.54 Å². The van der Waals surface area contributed by atoms with E-state index >= 15 is 0 Å². The van der Waals surface area contributed by atoms with Crippen molar-refractivity contribution in [1.29, 1.82) is 0 Å². The number of pyridine rings is 3. The van der Waals surface area contributed by atoms with Crippen molar-refractivity contribution in [3.63, 3.8) is 0 Å².